The van der Waals surface area contributed by atoms with E-state index in [0.29, 0.717) is 12.5 Å². The Labute approximate surface area is 115 Å². The van der Waals surface area contributed by atoms with Gasteiger partial charge in [0, 0.05) is 18.0 Å². The molecule has 0 saturated heterocycles. The van der Waals surface area contributed by atoms with E-state index >= 15 is 0 Å². The number of hydrogen-bond donors (Lipinski definition) is 2. The van der Waals surface area contributed by atoms with Gasteiger partial charge in [0.05, 0.1) is 0 Å². The van der Waals surface area contributed by atoms with E-state index in [9.17, 15) is 0 Å². The molecule has 2 nitrogen and oxygen atoms in total. The zero-order chi connectivity index (χ0) is 13.2. The van der Waals surface area contributed by atoms with Crippen LogP contribution in [0.25, 0.3) is 0 Å². The lowest BCUT2D eigenvalue weighted by atomic mass is 10.0. The van der Waals surface area contributed by atoms with Crippen molar-refractivity contribution in [2.75, 3.05) is 19.4 Å². The van der Waals surface area contributed by atoms with Crippen molar-refractivity contribution in [2.45, 2.75) is 37.6 Å². The predicted octanol–water partition coefficient (Wildman–Crippen LogP) is 3.30. The molecule has 0 aromatic heterocycles. The number of hydrogen-bond acceptors (Lipinski definition) is 3. The number of nitrogens with one attached hydrogen (secondary N) is 1. The van der Waals surface area contributed by atoms with E-state index in [-0.39, 0.29) is 0 Å². The Bertz CT molecular complexity index is 307. The summed E-state index contributed by atoms with van der Waals surface area (Å²) in [5, 5.41) is 12.5. The van der Waals surface area contributed by atoms with Crippen LogP contribution in [-0.2, 0) is 6.54 Å². The molecule has 3 heteroatoms. The number of benzene rings is 1. The number of rotatable bonds is 9. The standard InChI is InChI=1S/C15H25NOS/c1-3-4-13(9-10-17)11-16-12-14-5-7-15(18-2)8-6-14/h5-8,13,16-17H,3-4,9-12H2,1-2H3. The van der Waals surface area contributed by atoms with Crippen LogP contribution in [0.3, 0.4) is 0 Å². The summed E-state index contributed by atoms with van der Waals surface area (Å²) in [7, 11) is 0. The van der Waals surface area contributed by atoms with Gasteiger partial charge in [0.1, 0.15) is 0 Å². The summed E-state index contributed by atoms with van der Waals surface area (Å²) < 4.78 is 0. The molecular weight excluding hydrogens is 242 g/mol. The van der Waals surface area contributed by atoms with Gasteiger partial charge in [0.2, 0.25) is 0 Å². The summed E-state index contributed by atoms with van der Waals surface area (Å²) in [6.45, 7) is 4.42. The quantitative estimate of drug-likeness (QED) is 0.673. The van der Waals surface area contributed by atoms with Crippen LogP contribution in [-0.4, -0.2) is 24.5 Å². The molecule has 0 radical (unpaired) electrons. The van der Waals surface area contributed by atoms with Gasteiger partial charge in [-0.15, -0.1) is 11.8 Å². The Morgan fingerprint density at radius 3 is 2.50 bits per heavy atom. The second kappa shape index (κ2) is 9.42. The van der Waals surface area contributed by atoms with Gasteiger partial charge >= 0.3 is 0 Å². The molecule has 0 spiro atoms. The third-order valence-corrected chi connectivity index (χ3v) is 3.90. The van der Waals surface area contributed by atoms with Crippen molar-refractivity contribution in [3.63, 3.8) is 0 Å². The maximum Gasteiger partial charge on any atom is 0.0434 e. The lowest BCUT2D eigenvalue weighted by Crippen LogP contribution is -2.23. The molecule has 0 aliphatic heterocycles. The van der Waals surface area contributed by atoms with Gasteiger partial charge in [-0.3, -0.25) is 0 Å². The molecule has 0 aliphatic rings. The van der Waals surface area contributed by atoms with Crippen LogP contribution in [0.2, 0.25) is 0 Å². The Hall–Kier alpha value is -0.510. The van der Waals surface area contributed by atoms with E-state index in [1.807, 2.05) is 0 Å². The van der Waals surface area contributed by atoms with Crippen LogP contribution in [0.5, 0.6) is 0 Å². The molecule has 18 heavy (non-hydrogen) atoms. The second-order valence-corrected chi connectivity index (χ2v) is 5.53. The first-order chi connectivity index (χ1) is 8.80. The smallest absolute Gasteiger partial charge is 0.0434 e. The SMILES string of the molecule is CCCC(CCO)CNCc1ccc(SC)cc1. The average molecular weight is 267 g/mol. The Morgan fingerprint density at radius 1 is 1.22 bits per heavy atom. The third-order valence-electron chi connectivity index (χ3n) is 3.16. The fraction of sp³-hybridized carbons (Fsp3) is 0.600. The molecule has 1 aromatic rings. The molecule has 1 rings (SSSR count). The Kier molecular flexibility index (Phi) is 8.14. The van der Waals surface area contributed by atoms with Crippen molar-refractivity contribution in [2.24, 2.45) is 5.92 Å². The molecule has 0 heterocycles. The van der Waals surface area contributed by atoms with E-state index in [4.69, 9.17) is 5.11 Å². The highest BCUT2D eigenvalue weighted by atomic mass is 32.2. The monoisotopic (exact) mass is 267 g/mol. The zero-order valence-electron chi connectivity index (χ0n) is 11.5. The normalized spacial score (nSPS) is 12.6. The first-order valence-electron chi connectivity index (χ1n) is 6.74. The van der Waals surface area contributed by atoms with Crippen LogP contribution in [0.15, 0.2) is 29.2 Å². The van der Waals surface area contributed by atoms with Gasteiger partial charge in [-0.05, 0) is 49.3 Å². The van der Waals surface area contributed by atoms with E-state index in [1.165, 1.54) is 23.3 Å². The molecule has 1 unspecified atom stereocenters. The highest BCUT2D eigenvalue weighted by Gasteiger charge is 2.06. The first-order valence-corrected chi connectivity index (χ1v) is 7.97. The fourth-order valence-electron chi connectivity index (χ4n) is 2.10. The summed E-state index contributed by atoms with van der Waals surface area (Å²) in [5.41, 5.74) is 1.33. The van der Waals surface area contributed by atoms with Gasteiger partial charge in [-0.25, -0.2) is 0 Å². The molecule has 0 aliphatic carbocycles. The van der Waals surface area contributed by atoms with Crippen LogP contribution in [0.4, 0.5) is 0 Å². The van der Waals surface area contributed by atoms with E-state index in [2.05, 4.69) is 42.8 Å². The van der Waals surface area contributed by atoms with Gasteiger partial charge in [0.25, 0.3) is 0 Å². The largest absolute Gasteiger partial charge is 0.396 e. The Balaban J connectivity index is 2.30. The van der Waals surface area contributed by atoms with Gasteiger partial charge in [0.15, 0.2) is 0 Å². The summed E-state index contributed by atoms with van der Waals surface area (Å²) >= 11 is 1.77. The van der Waals surface area contributed by atoms with Crippen LogP contribution < -0.4 is 5.32 Å². The van der Waals surface area contributed by atoms with Crippen molar-refractivity contribution in [1.82, 2.24) is 5.32 Å². The number of aliphatic hydroxyl groups excluding tert-OH is 1. The lowest BCUT2D eigenvalue weighted by molar-refractivity contribution is 0.248. The molecule has 0 amide bonds. The van der Waals surface area contributed by atoms with Crippen molar-refractivity contribution >= 4 is 11.8 Å². The molecule has 0 bridgehead atoms. The molecular formula is C15H25NOS. The molecule has 0 saturated carbocycles. The minimum absolute atomic E-state index is 0.300. The highest BCUT2D eigenvalue weighted by Crippen LogP contribution is 2.15. The molecule has 0 fully saturated rings. The second-order valence-electron chi connectivity index (χ2n) is 4.65. The maximum atomic E-state index is 9.01. The fourth-order valence-corrected chi connectivity index (χ4v) is 2.51. The van der Waals surface area contributed by atoms with Crippen molar-refractivity contribution in [3.8, 4) is 0 Å². The van der Waals surface area contributed by atoms with Crippen molar-refractivity contribution < 1.29 is 5.11 Å². The van der Waals surface area contributed by atoms with Gasteiger partial charge in [-0.2, -0.15) is 0 Å². The number of aliphatic hydroxyl groups is 1. The molecule has 1 atom stereocenters. The summed E-state index contributed by atoms with van der Waals surface area (Å²) in [6.07, 6.45) is 5.39. The topological polar surface area (TPSA) is 32.3 Å². The summed E-state index contributed by atoms with van der Waals surface area (Å²) in [5.74, 6) is 0.602. The van der Waals surface area contributed by atoms with Crippen molar-refractivity contribution in [1.29, 1.82) is 0 Å². The first kappa shape index (κ1) is 15.5. The summed E-state index contributed by atoms with van der Waals surface area (Å²) in [6, 6.07) is 8.69. The van der Waals surface area contributed by atoms with Gasteiger partial charge in [-0.1, -0.05) is 25.5 Å². The predicted molar refractivity (Wildman–Crippen MR) is 80.0 cm³/mol. The van der Waals surface area contributed by atoms with Gasteiger partial charge < -0.3 is 10.4 Å². The summed E-state index contributed by atoms with van der Waals surface area (Å²) in [4.78, 5) is 1.31. The highest BCUT2D eigenvalue weighted by molar-refractivity contribution is 7.98. The van der Waals surface area contributed by atoms with Crippen LogP contribution >= 0.6 is 11.8 Å². The minimum atomic E-state index is 0.300. The zero-order valence-corrected chi connectivity index (χ0v) is 12.3. The number of thioether (sulfide) groups is 1. The van der Waals surface area contributed by atoms with E-state index in [0.717, 1.165) is 19.5 Å². The average Bonchev–Trinajstić information content (AvgIpc) is 2.40. The van der Waals surface area contributed by atoms with E-state index in [1.54, 1.807) is 11.8 Å². The molecule has 102 valence electrons. The van der Waals surface area contributed by atoms with Crippen LogP contribution in [0, 0.1) is 5.92 Å². The van der Waals surface area contributed by atoms with Crippen LogP contribution in [0.1, 0.15) is 31.7 Å². The molecule has 1 aromatic carbocycles. The minimum Gasteiger partial charge on any atom is -0.396 e. The van der Waals surface area contributed by atoms with Crippen molar-refractivity contribution in [3.05, 3.63) is 29.8 Å². The lowest BCUT2D eigenvalue weighted by Gasteiger charge is -2.15. The Morgan fingerprint density at radius 2 is 1.94 bits per heavy atom. The maximum absolute atomic E-state index is 9.01. The third kappa shape index (κ3) is 5.89. The molecule has 2 N–H and O–H groups in total. The van der Waals surface area contributed by atoms with E-state index < -0.39 is 0 Å².